The number of aromatic nitrogens is 1. The normalized spacial score (nSPS) is 36.8. The number of likely N-dealkylation sites (N-methyl/N-ethyl adjacent to an activating group) is 3. The Kier molecular flexibility index (Phi) is 5.99. The SMILES string of the molecule is CN1C(=O)[C@@]2(Cc3cn(C45C[C@]67SS[C@@](CO)(C(=O)N6C4Nc4ccccc45)N(C)C7=O)c4ccccc34)SS[C@@]1(CO)C(=O)N2C. The Morgan fingerprint density at radius 2 is 1.36 bits per heavy atom. The molecule has 4 amide bonds. The molecule has 244 valence electrons. The number of para-hydroxylation sites is 2. The van der Waals surface area contributed by atoms with E-state index in [1.165, 1.54) is 57.9 Å². The largest absolute Gasteiger partial charge is 0.392 e. The Balaban J connectivity index is 1.25. The highest BCUT2D eigenvalue weighted by Gasteiger charge is 2.78. The maximum Gasteiger partial charge on any atom is 0.265 e. The van der Waals surface area contributed by atoms with Crippen molar-refractivity contribution in [3.8, 4) is 0 Å². The summed E-state index contributed by atoms with van der Waals surface area (Å²) in [7, 11) is 9.90. The highest BCUT2D eigenvalue weighted by atomic mass is 33.1. The first-order valence-electron chi connectivity index (χ1n) is 15.1. The number of anilines is 1. The Hall–Kier alpha value is -3.02. The number of aliphatic hydroxyl groups excluding tert-OH is 2. The maximum atomic E-state index is 14.4. The van der Waals surface area contributed by atoms with E-state index in [1.54, 1.807) is 26.0 Å². The molecule has 1 aromatic heterocycles. The number of fused-ring (bicyclic) bond motifs is 9. The molecular formula is C31H30N6O6S4. The molecule has 1 spiro atoms. The van der Waals surface area contributed by atoms with Gasteiger partial charge in [-0.3, -0.25) is 24.1 Å². The lowest BCUT2D eigenvalue weighted by Gasteiger charge is -2.58. The van der Waals surface area contributed by atoms with Gasteiger partial charge < -0.3 is 34.8 Å². The summed E-state index contributed by atoms with van der Waals surface area (Å²) in [6, 6.07) is 15.8. The van der Waals surface area contributed by atoms with Gasteiger partial charge >= 0.3 is 0 Å². The van der Waals surface area contributed by atoms with Crippen LogP contribution in [0.3, 0.4) is 0 Å². The summed E-state index contributed by atoms with van der Waals surface area (Å²) in [5, 5.41) is 25.2. The molecule has 0 radical (unpaired) electrons. The fourth-order valence-corrected chi connectivity index (χ4v) is 15.7. The molecule has 8 aliphatic rings. The van der Waals surface area contributed by atoms with E-state index < -0.39 is 44.4 Å². The molecule has 12 nitrogen and oxygen atoms in total. The topological polar surface area (TPSA) is 139 Å². The summed E-state index contributed by atoms with van der Waals surface area (Å²) in [6.45, 7) is -0.994. The molecule has 2 unspecified atom stereocenters. The maximum absolute atomic E-state index is 14.4. The van der Waals surface area contributed by atoms with Crippen LogP contribution in [-0.4, -0.2) is 118 Å². The Morgan fingerprint density at radius 1 is 0.766 bits per heavy atom. The van der Waals surface area contributed by atoms with E-state index >= 15 is 0 Å². The number of hydrogen-bond acceptors (Lipinski definition) is 11. The predicted molar refractivity (Wildman–Crippen MR) is 182 cm³/mol. The molecule has 7 saturated heterocycles. The molecule has 0 saturated carbocycles. The fourth-order valence-electron chi connectivity index (χ4n) is 8.49. The lowest BCUT2D eigenvalue weighted by atomic mass is 9.86. The standard InChI is InChI=1S/C31H30N6O6S4/c1-33-25(42)30(15-38)34(2)23(40)28(33,44-46-30)12-17-13-36(21-11-7-4-8-18(17)21)27-14-29-24(41)35(3)31(16-39,47-45-29)26(43)37(29)22(27)32-20-10-6-5-9-19(20)27/h4-11,13,22,32,38-39H,12,14-16H2,1-3H3/t22?,27?,28-,29-,30+,31+/m1/s1. The van der Waals surface area contributed by atoms with Crippen LogP contribution in [0.2, 0.25) is 0 Å². The van der Waals surface area contributed by atoms with Gasteiger partial charge in [0.2, 0.25) is 9.74 Å². The highest BCUT2D eigenvalue weighted by molar-refractivity contribution is 8.78. The van der Waals surface area contributed by atoms with Gasteiger partial charge in [0.15, 0.2) is 9.74 Å². The minimum atomic E-state index is -1.43. The van der Waals surface area contributed by atoms with Crippen LogP contribution in [0.4, 0.5) is 5.69 Å². The van der Waals surface area contributed by atoms with Crippen LogP contribution in [0, 0.1) is 0 Å². The van der Waals surface area contributed by atoms with Crippen LogP contribution in [0.5, 0.6) is 0 Å². The first-order chi connectivity index (χ1) is 22.5. The molecule has 9 heterocycles. The average molecular weight is 711 g/mol. The number of carbonyl (C=O) groups is 4. The molecule has 11 rings (SSSR count). The summed E-state index contributed by atoms with van der Waals surface area (Å²) in [5.74, 6) is -1.11. The zero-order valence-corrected chi connectivity index (χ0v) is 28.8. The first-order valence-corrected chi connectivity index (χ1v) is 19.4. The molecule has 6 atom stereocenters. The number of benzene rings is 2. The van der Waals surface area contributed by atoms with Gasteiger partial charge in [0.25, 0.3) is 23.6 Å². The second-order valence-electron chi connectivity index (χ2n) is 13.0. The highest BCUT2D eigenvalue weighted by Crippen LogP contribution is 2.69. The first kappa shape index (κ1) is 30.1. The number of nitrogens with zero attached hydrogens (tertiary/aromatic N) is 5. The molecule has 47 heavy (non-hydrogen) atoms. The van der Waals surface area contributed by atoms with Crippen LogP contribution in [-0.2, 0) is 31.1 Å². The van der Waals surface area contributed by atoms with Crippen LogP contribution in [0.1, 0.15) is 17.5 Å². The summed E-state index contributed by atoms with van der Waals surface area (Å²) < 4.78 is 2.16. The smallest absolute Gasteiger partial charge is 0.265 e. The van der Waals surface area contributed by atoms with Gasteiger partial charge in [-0.1, -0.05) is 58.0 Å². The molecule has 3 aromatic rings. The lowest BCUT2D eigenvalue weighted by molar-refractivity contribution is -0.166. The second kappa shape index (κ2) is 9.36. The third-order valence-electron chi connectivity index (χ3n) is 11.1. The average Bonchev–Trinajstić information content (AvgIpc) is 3.71. The van der Waals surface area contributed by atoms with Gasteiger partial charge in [-0.05, 0) is 39.3 Å². The Morgan fingerprint density at radius 3 is 2.13 bits per heavy atom. The van der Waals surface area contributed by atoms with Crippen LogP contribution in [0.25, 0.3) is 10.9 Å². The minimum Gasteiger partial charge on any atom is -0.392 e. The van der Waals surface area contributed by atoms with E-state index in [4.69, 9.17) is 0 Å². The molecular weight excluding hydrogens is 681 g/mol. The van der Waals surface area contributed by atoms with Crippen molar-refractivity contribution in [1.82, 2.24) is 24.2 Å². The zero-order valence-electron chi connectivity index (χ0n) is 25.5. The van der Waals surface area contributed by atoms with Crippen LogP contribution >= 0.6 is 43.2 Å². The van der Waals surface area contributed by atoms with Gasteiger partial charge in [-0.15, -0.1) is 0 Å². The molecule has 4 bridgehead atoms. The van der Waals surface area contributed by atoms with E-state index in [9.17, 15) is 29.4 Å². The third kappa shape index (κ3) is 3.12. The van der Waals surface area contributed by atoms with Crippen molar-refractivity contribution in [2.75, 3.05) is 39.7 Å². The van der Waals surface area contributed by atoms with Gasteiger partial charge in [0.05, 0.1) is 13.2 Å². The van der Waals surface area contributed by atoms with Crippen molar-refractivity contribution >= 4 is 83.4 Å². The van der Waals surface area contributed by atoms with Crippen LogP contribution < -0.4 is 5.32 Å². The number of piperazine rings is 2. The van der Waals surface area contributed by atoms with Crippen molar-refractivity contribution in [2.24, 2.45) is 0 Å². The number of aliphatic hydroxyl groups is 2. The molecule has 0 aliphatic carbocycles. The zero-order chi connectivity index (χ0) is 32.9. The van der Waals surface area contributed by atoms with E-state index in [0.29, 0.717) is 0 Å². The number of rotatable bonds is 5. The number of hydrogen-bond donors (Lipinski definition) is 3. The third-order valence-corrected chi connectivity index (χ3v) is 18.4. The Bertz CT molecular complexity index is 1980. The monoisotopic (exact) mass is 710 g/mol. The van der Waals surface area contributed by atoms with Gasteiger partial charge in [0.1, 0.15) is 11.7 Å². The molecule has 8 aliphatic heterocycles. The van der Waals surface area contributed by atoms with Crippen molar-refractivity contribution in [1.29, 1.82) is 0 Å². The second-order valence-corrected chi connectivity index (χ2v) is 18.3. The molecule has 7 fully saturated rings. The summed E-state index contributed by atoms with van der Waals surface area (Å²) in [4.78, 5) is 57.1. The molecule has 2 aromatic carbocycles. The van der Waals surface area contributed by atoms with Crippen molar-refractivity contribution in [2.45, 2.75) is 44.0 Å². The van der Waals surface area contributed by atoms with E-state index in [-0.39, 0.29) is 36.5 Å². The molecule has 3 N–H and O–H groups in total. The van der Waals surface area contributed by atoms with E-state index in [1.807, 2.05) is 54.7 Å². The number of amides is 4. The van der Waals surface area contributed by atoms with Crippen LogP contribution in [0.15, 0.2) is 54.7 Å². The minimum absolute atomic E-state index is 0.203. The van der Waals surface area contributed by atoms with Crippen molar-refractivity contribution in [3.63, 3.8) is 0 Å². The number of carbonyl (C=O) groups excluding carboxylic acids is 4. The van der Waals surface area contributed by atoms with E-state index in [0.717, 1.165) is 27.7 Å². The number of nitrogens with one attached hydrogen (secondary N) is 1. The summed E-state index contributed by atoms with van der Waals surface area (Å²) >= 11 is 0. The van der Waals surface area contributed by atoms with E-state index in [2.05, 4.69) is 9.88 Å². The predicted octanol–water partition coefficient (Wildman–Crippen LogP) is 1.87. The lowest BCUT2D eigenvalue weighted by Crippen LogP contribution is -2.77. The quantitative estimate of drug-likeness (QED) is 0.335. The Labute approximate surface area is 285 Å². The summed E-state index contributed by atoms with van der Waals surface area (Å²) in [5.41, 5.74) is 2.55. The summed E-state index contributed by atoms with van der Waals surface area (Å²) in [6.07, 6.45) is 1.85. The molecule has 16 heteroatoms. The van der Waals surface area contributed by atoms with Crippen molar-refractivity contribution < 1.29 is 29.4 Å². The fraction of sp³-hybridized carbons (Fsp3) is 0.419. The van der Waals surface area contributed by atoms with Gasteiger partial charge in [-0.2, -0.15) is 0 Å². The van der Waals surface area contributed by atoms with Gasteiger partial charge in [0, 0.05) is 62.3 Å². The van der Waals surface area contributed by atoms with Gasteiger partial charge in [-0.25, -0.2) is 0 Å². The van der Waals surface area contributed by atoms with Crippen molar-refractivity contribution in [3.05, 3.63) is 65.9 Å².